The van der Waals surface area contributed by atoms with Crippen molar-refractivity contribution < 1.29 is 0 Å². The fourth-order valence-corrected chi connectivity index (χ4v) is 2.11. The summed E-state index contributed by atoms with van der Waals surface area (Å²) in [5.74, 6) is 0.725. The van der Waals surface area contributed by atoms with E-state index >= 15 is 0 Å². The third kappa shape index (κ3) is 1.55. The number of hydrogen-bond donors (Lipinski definition) is 0. The molecule has 0 aromatic carbocycles. The van der Waals surface area contributed by atoms with E-state index in [2.05, 4.69) is 20.2 Å². The maximum Gasteiger partial charge on any atom is 0.199 e. The molecule has 3 aromatic rings. The molecule has 6 heteroatoms. The van der Waals surface area contributed by atoms with Crippen LogP contribution in [0.2, 0.25) is 5.15 Å². The van der Waals surface area contributed by atoms with Crippen LogP contribution >= 0.6 is 11.6 Å². The maximum absolute atomic E-state index is 6.09. The molecule has 18 heavy (non-hydrogen) atoms. The number of aryl methyl sites for hydroxylation is 2. The fourth-order valence-electron chi connectivity index (χ4n) is 1.86. The summed E-state index contributed by atoms with van der Waals surface area (Å²) in [5.41, 5.74) is 3.30. The van der Waals surface area contributed by atoms with Crippen LogP contribution in [0.4, 0.5) is 0 Å². The van der Waals surface area contributed by atoms with Crippen LogP contribution in [0.25, 0.3) is 17.0 Å². The second kappa shape index (κ2) is 4.03. The first-order chi connectivity index (χ1) is 8.68. The summed E-state index contributed by atoms with van der Waals surface area (Å²) in [6.45, 7) is 3.88. The summed E-state index contributed by atoms with van der Waals surface area (Å²) < 4.78 is 1.90. The van der Waals surface area contributed by atoms with Gasteiger partial charge in [-0.3, -0.25) is 9.38 Å². The van der Waals surface area contributed by atoms with E-state index in [0.29, 0.717) is 10.8 Å². The average molecular weight is 260 g/mol. The summed E-state index contributed by atoms with van der Waals surface area (Å²) in [6.07, 6.45) is 3.47. The highest BCUT2D eigenvalue weighted by Crippen LogP contribution is 2.23. The lowest BCUT2D eigenvalue weighted by Crippen LogP contribution is -2.00. The van der Waals surface area contributed by atoms with Gasteiger partial charge >= 0.3 is 0 Å². The number of nitrogens with zero attached hydrogens (tertiary/aromatic N) is 5. The summed E-state index contributed by atoms with van der Waals surface area (Å²) in [7, 11) is 0. The van der Waals surface area contributed by atoms with Gasteiger partial charge in [-0.05, 0) is 26.0 Å². The van der Waals surface area contributed by atoms with Crippen LogP contribution in [0.5, 0.6) is 0 Å². The molecular weight excluding hydrogens is 250 g/mol. The standard InChI is InChI=1S/C12H10ClN5/c1-7-8(2)18-11(9-4-3-5-14-6-9)16-17-12(18)10(13)15-7/h3-6H,1-2H3. The molecule has 3 heterocycles. The average Bonchev–Trinajstić information content (AvgIpc) is 2.82. The minimum absolute atomic E-state index is 0.362. The molecule has 0 unspecified atom stereocenters. The molecule has 0 radical (unpaired) electrons. The van der Waals surface area contributed by atoms with Crippen molar-refractivity contribution in [1.29, 1.82) is 0 Å². The first kappa shape index (κ1) is 11.1. The van der Waals surface area contributed by atoms with E-state index in [0.717, 1.165) is 22.8 Å². The van der Waals surface area contributed by atoms with Crippen LogP contribution < -0.4 is 0 Å². The zero-order chi connectivity index (χ0) is 12.7. The molecule has 0 N–H and O–H groups in total. The predicted molar refractivity (Wildman–Crippen MR) is 68.5 cm³/mol. The third-order valence-corrected chi connectivity index (χ3v) is 3.15. The highest BCUT2D eigenvalue weighted by molar-refractivity contribution is 6.32. The molecule has 3 rings (SSSR count). The van der Waals surface area contributed by atoms with Crippen molar-refractivity contribution in [3.63, 3.8) is 0 Å². The number of aromatic nitrogens is 5. The molecule has 0 aliphatic carbocycles. The molecule has 90 valence electrons. The van der Waals surface area contributed by atoms with E-state index in [-0.39, 0.29) is 0 Å². The quantitative estimate of drug-likeness (QED) is 0.674. The van der Waals surface area contributed by atoms with Gasteiger partial charge in [0, 0.05) is 23.7 Å². The van der Waals surface area contributed by atoms with Crippen LogP contribution in [-0.2, 0) is 0 Å². The maximum atomic E-state index is 6.09. The number of fused-ring (bicyclic) bond motifs is 1. The van der Waals surface area contributed by atoms with Gasteiger partial charge in [0.2, 0.25) is 0 Å². The number of pyridine rings is 1. The molecule has 0 bridgehead atoms. The second-order valence-electron chi connectivity index (χ2n) is 4.00. The van der Waals surface area contributed by atoms with E-state index in [1.54, 1.807) is 12.4 Å². The summed E-state index contributed by atoms with van der Waals surface area (Å²) >= 11 is 6.09. The van der Waals surface area contributed by atoms with Gasteiger partial charge in [0.15, 0.2) is 16.6 Å². The van der Waals surface area contributed by atoms with Gasteiger partial charge in [-0.1, -0.05) is 11.6 Å². The summed E-state index contributed by atoms with van der Waals surface area (Å²) in [5, 5.41) is 8.63. The van der Waals surface area contributed by atoms with E-state index in [4.69, 9.17) is 11.6 Å². The Morgan fingerprint density at radius 2 is 2.06 bits per heavy atom. The van der Waals surface area contributed by atoms with Gasteiger partial charge in [-0.2, -0.15) is 0 Å². The van der Waals surface area contributed by atoms with Crippen LogP contribution in [0.15, 0.2) is 24.5 Å². The van der Waals surface area contributed by atoms with Crippen LogP contribution in [-0.4, -0.2) is 24.6 Å². The zero-order valence-corrected chi connectivity index (χ0v) is 10.7. The lowest BCUT2D eigenvalue weighted by Gasteiger charge is -2.06. The van der Waals surface area contributed by atoms with Crippen molar-refractivity contribution in [2.24, 2.45) is 0 Å². The lowest BCUT2D eigenvalue weighted by molar-refractivity contribution is 0.999. The number of hydrogen-bond acceptors (Lipinski definition) is 4. The topological polar surface area (TPSA) is 56.0 Å². The van der Waals surface area contributed by atoms with E-state index in [1.807, 2.05) is 30.4 Å². The van der Waals surface area contributed by atoms with Gasteiger partial charge in [0.25, 0.3) is 0 Å². The molecule has 0 amide bonds. The molecule has 0 aliphatic heterocycles. The van der Waals surface area contributed by atoms with Crippen molar-refractivity contribution >= 4 is 17.2 Å². The monoisotopic (exact) mass is 259 g/mol. The third-order valence-electron chi connectivity index (χ3n) is 2.89. The largest absolute Gasteiger partial charge is 0.275 e. The predicted octanol–water partition coefficient (Wildman–Crippen LogP) is 2.46. The van der Waals surface area contributed by atoms with Gasteiger partial charge in [-0.15, -0.1) is 10.2 Å². The smallest absolute Gasteiger partial charge is 0.199 e. The van der Waals surface area contributed by atoms with Crippen molar-refractivity contribution in [1.82, 2.24) is 24.6 Å². The van der Waals surface area contributed by atoms with E-state index in [1.165, 1.54) is 0 Å². The zero-order valence-electron chi connectivity index (χ0n) is 9.92. The molecule has 0 fully saturated rings. The van der Waals surface area contributed by atoms with Gasteiger partial charge in [0.1, 0.15) is 0 Å². The Kier molecular flexibility index (Phi) is 2.48. The Labute approximate surface area is 108 Å². The number of rotatable bonds is 1. The Balaban J connectivity index is 2.39. The van der Waals surface area contributed by atoms with Crippen LogP contribution in [0.1, 0.15) is 11.4 Å². The molecule has 3 aromatic heterocycles. The van der Waals surface area contributed by atoms with Gasteiger partial charge in [-0.25, -0.2) is 4.98 Å². The molecule has 0 saturated carbocycles. The van der Waals surface area contributed by atoms with E-state index in [9.17, 15) is 0 Å². The highest BCUT2D eigenvalue weighted by Gasteiger charge is 2.15. The highest BCUT2D eigenvalue weighted by atomic mass is 35.5. The Morgan fingerprint density at radius 1 is 1.22 bits per heavy atom. The molecule has 5 nitrogen and oxygen atoms in total. The Hall–Kier alpha value is -2.01. The van der Waals surface area contributed by atoms with Crippen molar-refractivity contribution in [2.75, 3.05) is 0 Å². The van der Waals surface area contributed by atoms with Crippen molar-refractivity contribution in [3.05, 3.63) is 41.1 Å². The Bertz CT molecular complexity index is 720. The lowest BCUT2D eigenvalue weighted by atomic mass is 10.2. The first-order valence-corrected chi connectivity index (χ1v) is 5.84. The normalized spacial score (nSPS) is 11.1. The minimum Gasteiger partial charge on any atom is -0.275 e. The molecule has 0 saturated heterocycles. The minimum atomic E-state index is 0.362. The van der Waals surface area contributed by atoms with Crippen molar-refractivity contribution in [2.45, 2.75) is 13.8 Å². The second-order valence-corrected chi connectivity index (χ2v) is 4.36. The van der Waals surface area contributed by atoms with Crippen molar-refractivity contribution in [3.8, 4) is 11.4 Å². The van der Waals surface area contributed by atoms with Gasteiger partial charge in [0.05, 0.1) is 5.69 Å². The van der Waals surface area contributed by atoms with E-state index < -0.39 is 0 Å². The number of halogens is 1. The fraction of sp³-hybridized carbons (Fsp3) is 0.167. The van der Waals surface area contributed by atoms with Crippen LogP contribution in [0.3, 0.4) is 0 Å². The molecule has 0 aliphatic rings. The first-order valence-electron chi connectivity index (χ1n) is 5.46. The Morgan fingerprint density at radius 3 is 2.78 bits per heavy atom. The summed E-state index contributed by atoms with van der Waals surface area (Å²) in [6, 6.07) is 3.80. The SMILES string of the molecule is Cc1nc(Cl)c2nnc(-c3cccnc3)n2c1C. The van der Waals surface area contributed by atoms with Gasteiger partial charge < -0.3 is 0 Å². The summed E-state index contributed by atoms with van der Waals surface area (Å²) in [4.78, 5) is 8.33. The molecule has 0 spiro atoms. The van der Waals surface area contributed by atoms with Crippen LogP contribution in [0, 0.1) is 13.8 Å². The molecule has 0 atom stereocenters. The molecular formula is C12H10ClN5.